The smallest absolute Gasteiger partial charge is 0.273 e. The third kappa shape index (κ3) is 6.09. The molecule has 0 bridgehead atoms. The SMILES string of the molecule is O=C(CSc1ccc(Cl)cc1)NNC(=O)Cc1ccccc1[N+](=O)[O-]. The summed E-state index contributed by atoms with van der Waals surface area (Å²) in [7, 11) is 0. The third-order valence-corrected chi connectivity index (χ3v) is 4.33. The molecule has 0 aromatic heterocycles. The maximum Gasteiger partial charge on any atom is 0.273 e. The van der Waals surface area contributed by atoms with Crippen molar-refractivity contribution in [3.63, 3.8) is 0 Å². The molecule has 9 heteroatoms. The number of para-hydroxylation sites is 1. The zero-order valence-corrected chi connectivity index (χ0v) is 14.5. The van der Waals surface area contributed by atoms with Gasteiger partial charge >= 0.3 is 0 Å². The minimum atomic E-state index is -0.552. The van der Waals surface area contributed by atoms with Crippen molar-refractivity contribution in [2.75, 3.05) is 5.75 Å². The first-order valence-corrected chi connectivity index (χ1v) is 8.50. The maximum atomic E-state index is 11.8. The summed E-state index contributed by atoms with van der Waals surface area (Å²) < 4.78 is 0. The van der Waals surface area contributed by atoms with Gasteiger partial charge in [0.05, 0.1) is 17.1 Å². The highest BCUT2D eigenvalue weighted by atomic mass is 35.5. The van der Waals surface area contributed by atoms with Crippen molar-refractivity contribution in [2.24, 2.45) is 0 Å². The van der Waals surface area contributed by atoms with Gasteiger partial charge in [-0.05, 0) is 24.3 Å². The molecule has 0 saturated heterocycles. The lowest BCUT2D eigenvalue weighted by Gasteiger charge is -2.08. The molecule has 0 atom stereocenters. The predicted molar refractivity (Wildman–Crippen MR) is 95.3 cm³/mol. The van der Waals surface area contributed by atoms with Crippen molar-refractivity contribution < 1.29 is 14.5 Å². The van der Waals surface area contributed by atoms with Gasteiger partial charge in [-0.15, -0.1) is 11.8 Å². The molecule has 0 aliphatic rings. The fourth-order valence-electron chi connectivity index (χ4n) is 1.91. The molecule has 0 aliphatic heterocycles. The number of benzene rings is 2. The summed E-state index contributed by atoms with van der Waals surface area (Å²) in [5, 5.41) is 11.5. The van der Waals surface area contributed by atoms with Crippen LogP contribution in [-0.2, 0) is 16.0 Å². The Balaban J connectivity index is 1.79. The summed E-state index contributed by atoms with van der Waals surface area (Å²) in [6, 6.07) is 13.0. The topological polar surface area (TPSA) is 101 Å². The van der Waals surface area contributed by atoms with E-state index in [0.717, 1.165) is 4.90 Å². The van der Waals surface area contributed by atoms with Crippen molar-refractivity contribution in [3.05, 3.63) is 69.2 Å². The normalized spacial score (nSPS) is 10.1. The lowest BCUT2D eigenvalue weighted by molar-refractivity contribution is -0.385. The maximum absolute atomic E-state index is 11.8. The van der Waals surface area contributed by atoms with Crippen molar-refractivity contribution in [3.8, 4) is 0 Å². The molecule has 2 aromatic rings. The molecule has 0 unspecified atom stereocenters. The Morgan fingerprint density at radius 2 is 1.68 bits per heavy atom. The van der Waals surface area contributed by atoms with Gasteiger partial charge in [0.25, 0.3) is 5.69 Å². The number of hydrazine groups is 1. The number of carbonyl (C=O) groups is 2. The van der Waals surface area contributed by atoms with Gasteiger partial charge < -0.3 is 0 Å². The molecule has 7 nitrogen and oxygen atoms in total. The van der Waals surface area contributed by atoms with Crippen molar-refractivity contribution in [1.82, 2.24) is 10.9 Å². The fourth-order valence-corrected chi connectivity index (χ4v) is 2.74. The van der Waals surface area contributed by atoms with E-state index in [1.165, 1.54) is 30.0 Å². The Kier molecular flexibility index (Phi) is 6.79. The number of hydrogen-bond acceptors (Lipinski definition) is 5. The van der Waals surface area contributed by atoms with Gasteiger partial charge in [0.15, 0.2) is 0 Å². The lowest BCUT2D eigenvalue weighted by Crippen LogP contribution is -2.43. The number of nitro groups is 1. The Labute approximate surface area is 152 Å². The molecule has 25 heavy (non-hydrogen) atoms. The van der Waals surface area contributed by atoms with Crippen molar-refractivity contribution in [2.45, 2.75) is 11.3 Å². The van der Waals surface area contributed by atoms with E-state index in [0.29, 0.717) is 5.02 Å². The van der Waals surface area contributed by atoms with Gasteiger partial charge in [-0.2, -0.15) is 0 Å². The van der Waals surface area contributed by atoms with Gasteiger partial charge in [-0.3, -0.25) is 30.6 Å². The van der Waals surface area contributed by atoms with Gasteiger partial charge in [0.2, 0.25) is 11.8 Å². The van der Waals surface area contributed by atoms with E-state index in [1.54, 1.807) is 30.3 Å². The summed E-state index contributed by atoms with van der Waals surface area (Å²) in [5.41, 5.74) is 4.66. The van der Waals surface area contributed by atoms with E-state index >= 15 is 0 Å². The van der Waals surface area contributed by atoms with Crippen molar-refractivity contribution >= 4 is 40.9 Å². The van der Waals surface area contributed by atoms with Crippen LogP contribution in [0.15, 0.2) is 53.4 Å². The van der Waals surface area contributed by atoms with Crippen LogP contribution >= 0.6 is 23.4 Å². The largest absolute Gasteiger partial charge is 0.273 e. The number of halogens is 1. The number of thioether (sulfide) groups is 1. The van der Waals surface area contributed by atoms with E-state index in [1.807, 2.05) is 0 Å². The minimum Gasteiger partial charge on any atom is -0.273 e. The van der Waals surface area contributed by atoms with Gasteiger partial charge in [-0.25, -0.2) is 0 Å². The van der Waals surface area contributed by atoms with Gasteiger partial charge in [0.1, 0.15) is 0 Å². The van der Waals surface area contributed by atoms with E-state index in [2.05, 4.69) is 10.9 Å². The van der Waals surface area contributed by atoms with E-state index in [9.17, 15) is 19.7 Å². The highest BCUT2D eigenvalue weighted by molar-refractivity contribution is 8.00. The molecule has 0 heterocycles. The van der Waals surface area contributed by atoms with Crippen LogP contribution in [0.5, 0.6) is 0 Å². The van der Waals surface area contributed by atoms with Crippen LogP contribution in [0.25, 0.3) is 0 Å². The quantitative estimate of drug-likeness (QED) is 0.456. The minimum absolute atomic E-state index is 0.105. The zero-order chi connectivity index (χ0) is 18.2. The Morgan fingerprint density at radius 1 is 1.04 bits per heavy atom. The van der Waals surface area contributed by atoms with Gasteiger partial charge in [0, 0.05) is 21.5 Å². The number of amides is 2. The first-order valence-electron chi connectivity index (χ1n) is 7.14. The summed E-state index contributed by atoms with van der Waals surface area (Å²) in [6.07, 6.45) is -0.207. The summed E-state index contributed by atoms with van der Waals surface area (Å²) in [4.78, 5) is 34.8. The number of hydrogen-bond donors (Lipinski definition) is 2. The second kappa shape index (κ2) is 9.05. The molecular formula is C16H14ClN3O4S. The molecule has 0 fully saturated rings. The molecule has 0 saturated carbocycles. The number of nitrogens with one attached hydrogen (secondary N) is 2. The standard InChI is InChI=1S/C16H14ClN3O4S/c17-12-5-7-13(8-6-12)25-10-16(22)19-18-15(21)9-11-3-1-2-4-14(11)20(23)24/h1-8H,9-10H2,(H,18,21)(H,19,22). The first kappa shape index (κ1) is 18.8. The first-order chi connectivity index (χ1) is 12.0. The molecule has 2 N–H and O–H groups in total. The third-order valence-electron chi connectivity index (χ3n) is 3.06. The molecule has 2 aromatic carbocycles. The van der Waals surface area contributed by atoms with Crippen LogP contribution in [0.1, 0.15) is 5.56 Å². The predicted octanol–water partition coefficient (Wildman–Crippen LogP) is 2.73. The second-order valence-corrected chi connectivity index (χ2v) is 6.39. The molecule has 2 rings (SSSR count). The molecule has 0 aliphatic carbocycles. The van der Waals surface area contributed by atoms with E-state index in [4.69, 9.17) is 11.6 Å². The number of rotatable bonds is 6. The van der Waals surface area contributed by atoms with E-state index < -0.39 is 16.7 Å². The van der Waals surface area contributed by atoms with Crippen LogP contribution in [-0.4, -0.2) is 22.5 Å². The lowest BCUT2D eigenvalue weighted by atomic mass is 10.1. The number of nitro benzene ring substituents is 1. The average Bonchev–Trinajstić information content (AvgIpc) is 2.59. The summed E-state index contributed by atoms with van der Waals surface area (Å²) in [5.74, 6) is -0.831. The molecule has 2 amide bonds. The van der Waals surface area contributed by atoms with Crippen LogP contribution in [0, 0.1) is 10.1 Å². The molecule has 0 radical (unpaired) electrons. The number of carbonyl (C=O) groups excluding carboxylic acids is 2. The molecule has 0 spiro atoms. The highest BCUT2D eigenvalue weighted by Gasteiger charge is 2.15. The Bertz CT molecular complexity index is 783. The Hall–Kier alpha value is -2.58. The average molecular weight is 380 g/mol. The Morgan fingerprint density at radius 3 is 2.36 bits per heavy atom. The molecule has 130 valence electrons. The van der Waals surface area contributed by atoms with Gasteiger partial charge in [-0.1, -0.05) is 29.8 Å². The van der Waals surface area contributed by atoms with Crippen LogP contribution in [0.4, 0.5) is 5.69 Å². The summed E-state index contributed by atoms with van der Waals surface area (Å²) >= 11 is 7.07. The zero-order valence-electron chi connectivity index (χ0n) is 12.9. The highest BCUT2D eigenvalue weighted by Crippen LogP contribution is 2.20. The summed E-state index contributed by atoms with van der Waals surface area (Å²) in [6.45, 7) is 0. The van der Waals surface area contributed by atoms with Crippen LogP contribution in [0.2, 0.25) is 5.02 Å². The van der Waals surface area contributed by atoms with Crippen molar-refractivity contribution in [1.29, 1.82) is 0 Å². The second-order valence-electron chi connectivity index (χ2n) is 4.90. The van der Waals surface area contributed by atoms with E-state index in [-0.39, 0.29) is 23.4 Å². The van der Waals surface area contributed by atoms with Crippen LogP contribution < -0.4 is 10.9 Å². The number of nitrogens with zero attached hydrogens (tertiary/aromatic N) is 1. The van der Waals surface area contributed by atoms with Crippen LogP contribution in [0.3, 0.4) is 0 Å². The fraction of sp³-hybridized carbons (Fsp3) is 0.125. The monoisotopic (exact) mass is 379 g/mol. The molecular weight excluding hydrogens is 366 g/mol.